The van der Waals surface area contributed by atoms with E-state index >= 15 is 0 Å². The number of carboxylic acids is 1. The van der Waals surface area contributed by atoms with E-state index in [4.69, 9.17) is 0 Å². The number of hydrogen-bond donors (Lipinski definition) is 1. The summed E-state index contributed by atoms with van der Waals surface area (Å²) in [5.41, 5.74) is 3.06. The number of imidazole rings is 1. The molecule has 3 rings (SSSR count). The summed E-state index contributed by atoms with van der Waals surface area (Å²) in [7, 11) is 1.98. The molecule has 0 aliphatic carbocycles. The number of aromatic carboxylic acids is 1. The van der Waals surface area contributed by atoms with Crippen LogP contribution in [-0.4, -0.2) is 15.5 Å². The minimum absolute atomic E-state index is 0.170. The number of fused-ring (bicyclic) bond motifs is 1. The first-order valence-corrected chi connectivity index (χ1v) is 6.61. The standard InChI is InChI=1S/C16H15N3O2/c1-19-14-5-3-2-4-13(14)18-15(19)10-17-12-8-6-11(7-9-12)16(20)21/h2-9,17H,10H2,1H3,(H,20,21)/p-1. The Morgan fingerprint density at radius 1 is 1.19 bits per heavy atom. The number of nitrogens with one attached hydrogen (secondary N) is 1. The second-order valence-corrected chi connectivity index (χ2v) is 4.79. The summed E-state index contributed by atoms with van der Waals surface area (Å²) < 4.78 is 2.04. The van der Waals surface area contributed by atoms with Crippen molar-refractivity contribution in [1.29, 1.82) is 0 Å². The van der Waals surface area contributed by atoms with Gasteiger partial charge in [0.25, 0.3) is 0 Å². The third kappa shape index (κ3) is 2.58. The van der Waals surface area contributed by atoms with Crippen molar-refractivity contribution in [1.82, 2.24) is 9.55 Å². The molecule has 0 aliphatic rings. The van der Waals surface area contributed by atoms with Gasteiger partial charge >= 0.3 is 0 Å². The summed E-state index contributed by atoms with van der Waals surface area (Å²) in [6.07, 6.45) is 0. The van der Waals surface area contributed by atoms with Crippen LogP contribution < -0.4 is 10.4 Å². The molecule has 0 fully saturated rings. The maximum Gasteiger partial charge on any atom is 0.128 e. The molecule has 5 heteroatoms. The lowest BCUT2D eigenvalue weighted by Gasteiger charge is -2.08. The minimum Gasteiger partial charge on any atom is -0.545 e. The van der Waals surface area contributed by atoms with Gasteiger partial charge in [-0.2, -0.15) is 0 Å². The molecule has 5 nitrogen and oxygen atoms in total. The van der Waals surface area contributed by atoms with E-state index in [0.29, 0.717) is 6.54 Å². The average molecular weight is 280 g/mol. The highest BCUT2D eigenvalue weighted by Gasteiger charge is 2.06. The lowest BCUT2D eigenvalue weighted by atomic mass is 10.2. The molecule has 0 unspecified atom stereocenters. The average Bonchev–Trinajstić information content (AvgIpc) is 2.82. The van der Waals surface area contributed by atoms with Gasteiger partial charge in [-0.3, -0.25) is 0 Å². The predicted molar refractivity (Wildman–Crippen MR) is 78.8 cm³/mol. The molecule has 0 saturated carbocycles. The monoisotopic (exact) mass is 280 g/mol. The van der Waals surface area contributed by atoms with Gasteiger partial charge in [-0.25, -0.2) is 4.98 Å². The molecule has 1 aromatic heterocycles. The lowest BCUT2D eigenvalue weighted by Crippen LogP contribution is -2.22. The summed E-state index contributed by atoms with van der Waals surface area (Å²) >= 11 is 0. The molecule has 0 radical (unpaired) electrons. The first kappa shape index (κ1) is 13.2. The van der Waals surface area contributed by atoms with Crippen LogP contribution in [0.1, 0.15) is 16.2 Å². The Hall–Kier alpha value is -2.82. The fourth-order valence-corrected chi connectivity index (χ4v) is 2.26. The van der Waals surface area contributed by atoms with E-state index in [9.17, 15) is 9.90 Å². The number of hydrogen-bond acceptors (Lipinski definition) is 4. The summed E-state index contributed by atoms with van der Waals surface area (Å²) in [5.74, 6) is -0.253. The van der Waals surface area contributed by atoms with Crippen LogP contribution in [0, 0.1) is 0 Å². The molecular formula is C16H14N3O2-. The van der Waals surface area contributed by atoms with Crippen molar-refractivity contribution in [3.63, 3.8) is 0 Å². The molecule has 106 valence electrons. The van der Waals surface area contributed by atoms with Crippen LogP contribution in [0.4, 0.5) is 5.69 Å². The number of anilines is 1. The third-order valence-electron chi connectivity index (χ3n) is 3.45. The molecule has 0 amide bonds. The van der Waals surface area contributed by atoms with Crippen LogP contribution in [0.3, 0.4) is 0 Å². The Morgan fingerprint density at radius 3 is 2.57 bits per heavy atom. The smallest absolute Gasteiger partial charge is 0.128 e. The summed E-state index contributed by atoms with van der Waals surface area (Å²) in [6, 6.07) is 14.4. The van der Waals surface area contributed by atoms with Gasteiger partial charge < -0.3 is 19.8 Å². The highest BCUT2D eigenvalue weighted by atomic mass is 16.4. The molecule has 2 aromatic carbocycles. The van der Waals surface area contributed by atoms with Gasteiger partial charge in [0.15, 0.2) is 0 Å². The molecule has 0 atom stereocenters. The van der Waals surface area contributed by atoms with Gasteiger partial charge in [0.1, 0.15) is 5.82 Å². The van der Waals surface area contributed by atoms with Crippen molar-refractivity contribution in [3.8, 4) is 0 Å². The summed E-state index contributed by atoms with van der Waals surface area (Å²) in [5, 5.41) is 13.9. The van der Waals surface area contributed by atoms with E-state index in [0.717, 1.165) is 22.5 Å². The number of carboxylic acid groups (broad SMARTS) is 1. The number of benzene rings is 2. The van der Waals surface area contributed by atoms with Gasteiger partial charge in [-0.05, 0) is 29.8 Å². The normalized spacial score (nSPS) is 10.7. The Balaban J connectivity index is 1.77. The minimum atomic E-state index is -1.17. The molecule has 1 N–H and O–H groups in total. The molecule has 0 aliphatic heterocycles. The molecule has 3 aromatic rings. The Kier molecular flexibility index (Phi) is 3.31. The lowest BCUT2D eigenvalue weighted by molar-refractivity contribution is -0.255. The first-order chi connectivity index (χ1) is 10.1. The number of carbonyl (C=O) groups is 1. The van der Waals surface area contributed by atoms with Gasteiger partial charge in [0.05, 0.1) is 23.5 Å². The Morgan fingerprint density at radius 2 is 1.90 bits per heavy atom. The second kappa shape index (κ2) is 5.28. The Labute approximate surface area is 121 Å². The van der Waals surface area contributed by atoms with Gasteiger partial charge in [-0.15, -0.1) is 0 Å². The zero-order chi connectivity index (χ0) is 14.8. The number of aromatic nitrogens is 2. The molecule has 0 saturated heterocycles. The van der Waals surface area contributed by atoms with Crippen LogP contribution in [0.5, 0.6) is 0 Å². The van der Waals surface area contributed by atoms with Crippen molar-refractivity contribution in [2.45, 2.75) is 6.54 Å². The van der Waals surface area contributed by atoms with Crippen molar-refractivity contribution >= 4 is 22.7 Å². The van der Waals surface area contributed by atoms with E-state index in [-0.39, 0.29) is 5.56 Å². The maximum atomic E-state index is 10.7. The van der Waals surface area contributed by atoms with Crippen molar-refractivity contribution < 1.29 is 9.90 Å². The molecule has 21 heavy (non-hydrogen) atoms. The number of carbonyl (C=O) groups excluding carboxylic acids is 1. The highest BCUT2D eigenvalue weighted by molar-refractivity contribution is 5.86. The zero-order valence-electron chi connectivity index (χ0n) is 11.5. The number of nitrogens with zero attached hydrogens (tertiary/aromatic N) is 2. The van der Waals surface area contributed by atoms with Gasteiger partial charge in [-0.1, -0.05) is 24.3 Å². The van der Waals surface area contributed by atoms with E-state index in [1.54, 1.807) is 12.1 Å². The second-order valence-electron chi connectivity index (χ2n) is 4.79. The molecular weight excluding hydrogens is 266 g/mol. The number of rotatable bonds is 4. The predicted octanol–water partition coefficient (Wildman–Crippen LogP) is 1.55. The zero-order valence-corrected chi connectivity index (χ0v) is 11.5. The van der Waals surface area contributed by atoms with E-state index in [1.165, 1.54) is 12.1 Å². The van der Waals surface area contributed by atoms with Crippen LogP contribution in [0.2, 0.25) is 0 Å². The van der Waals surface area contributed by atoms with Crippen molar-refractivity contribution in [2.24, 2.45) is 7.05 Å². The molecule has 1 heterocycles. The summed E-state index contributed by atoms with van der Waals surface area (Å²) in [4.78, 5) is 15.3. The quantitative estimate of drug-likeness (QED) is 0.787. The number of aryl methyl sites for hydroxylation is 1. The van der Waals surface area contributed by atoms with Gasteiger partial charge in [0, 0.05) is 12.7 Å². The Bertz CT molecular complexity index is 791. The highest BCUT2D eigenvalue weighted by Crippen LogP contribution is 2.16. The van der Waals surface area contributed by atoms with Crippen molar-refractivity contribution in [3.05, 3.63) is 59.9 Å². The number of para-hydroxylation sites is 2. The van der Waals surface area contributed by atoms with Gasteiger partial charge in [0.2, 0.25) is 0 Å². The van der Waals surface area contributed by atoms with Crippen LogP contribution in [-0.2, 0) is 13.6 Å². The summed E-state index contributed by atoms with van der Waals surface area (Å²) in [6.45, 7) is 0.565. The largest absolute Gasteiger partial charge is 0.545 e. The van der Waals surface area contributed by atoms with Crippen molar-refractivity contribution in [2.75, 3.05) is 5.32 Å². The maximum absolute atomic E-state index is 10.7. The SMILES string of the molecule is Cn1c(CNc2ccc(C(=O)[O-])cc2)nc2ccccc21. The van der Waals surface area contributed by atoms with E-state index in [1.807, 2.05) is 35.9 Å². The molecule has 0 spiro atoms. The first-order valence-electron chi connectivity index (χ1n) is 6.61. The van der Waals surface area contributed by atoms with E-state index < -0.39 is 5.97 Å². The topological polar surface area (TPSA) is 70.0 Å². The fraction of sp³-hybridized carbons (Fsp3) is 0.125. The van der Waals surface area contributed by atoms with E-state index in [2.05, 4.69) is 10.3 Å². The third-order valence-corrected chi connectivity index (χ3v) is 3.45. The fourth-order valence-electron chi connectivity index (χ4n) is 2.26. The van der Waals surface area contributed by atoms with Crippen LogP contribution >= 0.6 is 0 Å². The van der Waals surface area contributed by atoms with Crippen LogP contribution in [0.25, 0.3) is 11.0 Å². The van der Waals surface area contributed by atoms with Crippen LogP contribution in [0.15, 0.2) is 48.5 Å². The molecule has 0 bridgehead atoms.